The number of amides is 2. The van der Waals surface area contributed by atoms with Gasteiger partial charge in [0.25, 0.3) is 0 Å². The van der Waals surface area contributed by atoms with Crippen LogP contribution in [0.4, 0.5) is 0 Å². The van der Waals surface area contributed by atoms with Crippen LogP contribution in [0.2, 0.25) is 0 Å². The summed E-state index contributed by atoms with van der Waals surface area (Å²) >= 11 is 0. The Morgan fingerprint density at radius 2 is 1.96 bits per heavy atom. The SMILES string of the molecule is O=C1CCC[C@@H]2CN(C(=O)CCS(=O)(=O)c3ccccc3)C[C@@H]2N1. The third-order valence-electron chi connectivity index (χ3n) is 4.81. The molecule has 24 heavy (non-hydrogen) atoms. The van der Waals surface area contributed by atoms with E-state index < -0.39 is 9.84 Å². The summed E-state index contributed by atoms with van der Waals surface area (Å²) in [7, 11) is -3.44. The van der Waals surface area contributed by atoms with Crippen LogP contribution in [0.5, 0.6) is 0 Å². The monoisotopic (exact) mass is 350 g/mol. The Hall–Kier alpha value is -1.89. The summed E-state index contributed by atoms with van der Waals surface area (Å²) in [6, 6.07) is 8.20. The Labute approximate surface area is 142 Å². The maximum absolute atomic E-state index is 12.4. The molecule has 2 aliphatic rings. The molecule has 2 atom stereocenters. The second kappa shape index (κ2) is 6.93. The average Bonchev–Trinajstić information content (AvgIpc) is 2.88. The molecule has 3 rings (SSSR count). The van der Waals surface area contributed by atoms with E-state index in [0.29, 0.717) is 19.5 Å². The lowest BCUT2D eigenvalue weighted by Gasteiger charge is -2.17. The molecule has 1 N–H and O–H groups in total. The van der Waals surface area contributed by atoms with Crippen LogP contribution in [-0.2, 0) is 19.4 Å². The first-order chi connectivity index (χ1) is 11.5. The quantitative estimate of drug-likeness (QED) is 0.877. The molecule has 0 aliphatic carbocycles. The van der Waals surface area contributed by atoms with E-state index in [9.17, 15) is 18.0 Å². The van der Waals surface area contributed by atoms with E-state index in [-0.39, 0.29) is 40.8 Å². The Bertz CT molecular complexity index is 717. The van der Waals surface area contributed by atoms with Gasteiger partial charge >= 0.3 is 0 Å². The lowest BCUT2D eigenvalue weighted by molar-refractivity contribution is -0.130. The largest absolute Gasteiger partial charge is 0.351 e. The minimum Gasteiger partial charge on any atom is -0.351 e. The number of likely N-dealkylation sites (tertiary alicyclic amines) is 1. The molecule has 130 valence electrons. The van der Waals surface area contributed by atoms with Gasteiger partial charge in [-0.2, -0.15) is 0 Å². The molecule has 7 heteroatoms. The fourth-order valence-corrected chi connectivity index (χ4v) is 4.71. The van der Waals surface area contributed by atoms with E-state index in [2.05, 4.69) is 5.32 Å². The molecule has 0 radical (unpaired) electrons. The van der Waals surface area contributed by atoms with Crippen molar-refractivity contribution >= 4 is 21.7 Å². The molecular formula is C17H22N2O4S. The van der Waals surface area contributed by atoms with Crippen LogP contribution < -0.4 is 5.32 Å². The first-order valence-electron chi connectivity index (χ1n) is 8.30. The van der Waals surface area contributed by atoms with Crippen molar-refractivity contribution in [2.75, 3.05) is 18.8 Å². The topological polar surface area (TPSA) is 83.6 Å². The molecule has 1 aromatic carbocycles. The van der Waals surface area contributed by atoms with Gasteiger partial charge in [0.2, 0.25) is 11.8 Å². The van der Waals surface area contributed by atoms with Crippen molar-refractivity contribution in [1.82, 2.24) is 10.2 Å². The molecule has 0 bridgehead atoms. The zero-order chi connectivity index (χ0) is 17.2. The van der Waals surface area contributed by atoms with Gasteiger partial charge < -0.3 is 10.2 Å². The summed E-state index contributed by atoms with van der Waals surface area (Å²) in [5.41, 5.74) is 0. The molecule has 0 aromatic heterocycles. The number of nitrogens with zero attached hydrogens (tertiary/aromatic N) is 1. The predicted molar refractivity (Wildman–Crippen MR) is 89.0 cm³/mol. The molecule has 2 fully saturated rings. The molecule has 2 amide bonds. The van der Waals surface area contributed by atoms with E-state index in [1.54, 1.807) is 35.2 Å². The van der Waals surface area contributed by atoms with Crippen LogP contribution in [0.25, 0.3) is 0 Å². The highest BCUT2D eigenvalue weighted by molar-refractivity contribution is 7.91. The summed E-state index contributed by atoms with van der Waals surface area (Å²) in [6.07, 6.45) is 2.30. The molecule has 0 unspecified atom stereocenters. The van der Waals surface area contributed by atoms with E-state index in [0.717, 1.165) is 12.8 Å². The van der Waals surface area contributed by atoms with Gasteiger partial charge in [-0.25, -0.2) is 8.42 Å². The predicted octanol–water partition coefficient (Wildman–Crippen LogP) is 0.977. The summed E-state index contributed by atoms with van der Waals surface area (Å²) in [5, 5.41) is 2.97. The lowest BCUT2D eigenvalue weighted by atomic mass is 9.99. The second-order valence-corrected chi connectivity index (χ2v) is 8.62. The third-order valence-corrected chi connectivity index (χ3v) is 6.54. The van der Waals surface area contributed by atoms with Crippen molar-refractivity contribution in [3.8, 4) is 0 Å². The van der Waals surface area contributed by atoms with Crippen molar-refractivity contribution in [1.29, 1.82) is 0 Å². The first kappa shape index (κ1) is 17.0. The number of rotatable bonds is 4. The molecule has 0 spiro atoms. The van der Waals surface area contributed by atoms with Crippen LogP contribution >= 0.6 is 0 Å². The number of carbonyl (C=O) groups is 2. The van der Waals surface area contributed by atoms with Crippen LogP contribution in [0, 0.1) is 5.92 Å². The number of sulfone groups is 1. The van der Waals surface area contributed by atoms with Crippen molar-refractivity contribution in [3.05, 3.63) is 30.3 Å². The number of hydrogen-bond donors (Lipinski definition) is 1. The zero-order valence-electron chi connectivity index (χ0n) is 13.5. The minimum atomic E-state index is -3.44. The molecular weight excluding hydrogens is 328 g/mol. The Balaban J connectivity index is 1.57. The van der Waals surface area contributed by atoms with Gasteiger partial charge in [0.05, 0.1) is 16.7 Å². The van der Waals surface area contributed by atoms with E-state index in [1.807, 2.05) is 0 Å². The minimum absolute atomic E-state index is 0.00896. The highest BCUT2D eigenvalue weighted by atomic mass is 32.2. The maximum Gasteiger partial charge on any atom is 0.223 e. The van der Waals surface area contributed by atoms with Crippen molar-refractivity contribution in [3.63, 3.8) is 0 Å². The van der Waals surface area contributed by atoms with Gasteiger partial charge in [-0.1, -0.05) is 18.2 Å². The van der Waals surface area contributed by atoms with Gasteiger partial charge in [0.15, 0.2) is 9.84 Å². The fraction of sp³-hybridized carbons (Fsp3) is 0.529. The molecule has 1 aromatic rings. The van der Waals surface area contributed by atoms with Gasteiger partial charge in [0, 0.05) is 25.9 Å². The van der Waals surface area contributed by atoms with Crippen molar-refractivity contribution in [2.45, 2.75) is 36.6 Å². The van der Waals surface area contributed by atoms with Crippen LogP contribution in [0.15, 0.2) is 35.2 Å². The third kappa shape index (κ3) is 3.77. The number of hydrogen-bond acceptors (Lipinski definition) is 4. The normalized spacial score (nSPS) is 24.2. The van der Waals surface area contributed by atoms with Gasteiger partial charge in [-0.3, -0.25) is 9.59 Å². The Morgan fingerprint density at radius 3 is 2.71 bits per heavy atom. The molecule has 2 aliphatic heterocycles. The summed E-state index contributed by atoms with van der Waals surface area (Å²) < 4.78 is 24.5. The van der Waals surface area contributed by atoms with E-state index in [4.69, 9.17) is 0 Å². The van der Waals surface area contributed by atoms with Crippen LogP contribution in [-0.4, -0.2) is 50.0 Å². The molecule has 2 heterocycles. The van der Waals surface area contributed by atoms with Gasteiger partial charge in [-0.15, -0.1) is 0 Å². The standard InChI is InChI=1S/C17H22N2O4S/c20-16-8-4-5-13-11-19(12-15(13)18-16)17(21)9-10-24(22,23)14-6-2-1-3-7-14/h1-3,6-7,13,15H,4-5,8-12H2,(H,18,20)/t13-,15+/m1/s1. The second-order valence-electron chi connectivity index (χ2n) is 6.51. The molecule has 6 nitrogen and oxygen atoms in total. The van der Waals surface area contributed by atoms with E-state index >= 15 is 0 Å². The number of nitrogens with one attached hydrogen (secondary N) is 1. The zero-order valence-corrected chi connectivity index (χ0v) is 14.3. The summed E-state index contributed by atoms with van der Waals surface area (Å²) in [4.78, 5) is 25.9. The number of carbonyl (C=O) groups excluding carboxylic acids is 2. The number of benzene rings is 1. The smallest absolute Gasteiger partial charge is 0.223 e. The van der Waals surface area contributed by atoms with Crippen molar-refractivity contribution in [2.24, 2.45) is 5.92 Å². The van der Waals surface area contributed by atoms with Crippen LogP contribution in [0.3, 0.4) is 0 Å². The van der Waals surface area contributed by atoms with Crippen molar-refractivity contribution < 1.29 is 18.0 Å². The fourth-order valence-electron chi connectivity index (χ4n) is 3.46. The average molecular weight is 350 g/mol. The molecule has 2 saturated heterocycles. The Morgan fingerprint density at radius 1 is 1.21 bits per heavy atom. The first-order valence-corrected chi connectivity index (χ1v) is 9.96. The summed E-state index contributed by atoms with van der Waals surface area (Å²) in [6.45, 7) is 1.09. The number of fused-ring (bicyclic) bond motifs is 1. The summed E-state index contributed by atoms with van der Waals surface area (Å²) in [5.74, 6) is -0.0139. The Kier molecular flexibility index (Phi) is 4.89. The van der Waals surface area contributed by atoms with E-state index in [1.165, 1.54) is 0 Å². The van der Waals surface area contributed by atoms with Gasteiger partial charge in [0.1, 0.15) is 0 Å². The molecule has 0 saturated carbocycles. The highest BCUT2D eigenvalue weighted by Gasteiger charge is 2.37. The maximum atomic E-state index is 12.4. The van der Waals surface area contributed by atoms with Gasteiger partial charge in [-0.05, 0) is 30.9 Å². The lowest BCUT2D eigenvalue weighted by Crippen LogP contribution is -2.39. The van der Waals surface area contributed by atoms with Crippen LogP contribution in [0.1, 0.15) is 25.7 Å². The highest BCUT2D eigenvalue weighted by Crippen LogP contribution is 2.25.